The Balaban J connectivity index is 2.16. The lowest BCUT2D eigenvalue weighted by atomic mass is 10.0. The number of carbonyl (C=O) groups is 1. The lowest BCUT2D eigenvalue weighted by molar-refractivity contribution is 0.0532. The van der Waals surface area contributed by atoms with Crippen molar-refractivity contribution in [2.45, 2.75) is 6.92 Å². The van der Waals surface area contributed by atoms with Gasteiger partial charge in [-0.3, -0.25) is 0 Å². The van der Waals surface area contributed by atoms with Crippen LogP contribution in [0.5, 0.6) is 0 Å². The Labute approximate surface area is 154 Å². The Morgan fingerprint density at radius 2 is 1.62 bits per heavy atom. The van der Waals surface area contributed by atoms with Crippen LogP contribution in [-0.2, 0) is 4.74 Å². The van der Waals surface area contributed by atoms with Crippen LogP contribution in [0.4, 0.5) is 0 Å². The first kappa shape index (κ1) is 17.0. The van der Waals surface area contributed by atoms with Crippen LogP contribution in [0.1, 0.15) is 16.6 Å². The van der Waals surface area contributed by atoms with Crippen molar-refractivity contribution in [3.8, 4) is 21.6 Å². The summed E-state index contributed by atoms with van der Waals surface area (Å²) < 4.78 is 5.13. The van der Waals surface area contributed by atoms with Crippen molar-refractivity contribution in [3.63, 3.8) is 0 Å². The summed E-state index contributed by atoms with van der Waals surface area (Å²) in [5.41, 5.74) is 2.84. The van der Waals surface area contributed by atoms with E-state index in [9.17, 15) is 4.79 Å². The van der Waals surface area contributed by atoms with Gasteiger partial charge in [0.25, 0.3) is 0 Å². The van der Waals surface area contributed by atoms with Crippen LogP contribution in [0.2, 0.25) is 10.0 Å². The Hall–Kier alpha value is -1.81. The molecule has 0 atom stereocenters. The standard InChI is InChI=1S/C19H14Cl2O2S/c1-2-23-19(22)17-11-16(12-5-3-7-14(20)9-12)18(24-17)13-6-4-8-15(21)10-13/h3-11H,2H2,1H3. The van der Waals surface area contributed by atoms with Crippen molar-refractivity contribution in [2.75, 3.05) is 6.61 Å². The molecule has 24 heavy (non-hydrogen) atoms. The fourth-order valence-electron chi connectivity index (χ4n) is 2.41. The molecule has 3 aromatic rings. The quantitative estimate of drug-likeness (QED) is 0.481. The highest BCUT2D eigenvalue weighted by atomic mass is 35.5. The summed E-state index contributed by atoms with van der Waals surface area (Å²) in [5, 5.41) is 1.30. The number of hydrogen-bond donors (Lipinski definition) is 0. The molecule has 0 radical (unpaired) electrons. The average molecular weight is 377 g/mol. The lowest BCUT2D eigenvalue weighted by Crippen LogP contribution is -2.01. The van der Waals surface area contributed by atoms with Crippen LogP contribution in [0.15, 0.2) is 54.6 Å². The van der Waals surface area contributed by atoms with Gasteiger partial charge in [-0.05, 0) is 48.4 Å². The molecule has 0 N–H and O–H groups in total. The molecule has 0 aliphatic rings. The summed E-state index contributed by atoms with van der Waals surface area (Å²) in [7, 11) is 0. The first-order valence-electron chi connectivity index (χ1n) is 7.41. The minimum absolute atomic E-state index is 0.320. The summed E-state index contributed by atoms with van der Waals surface area (Å²) in [6, 6.07) is 17.0. The molecule has 3 rings (SSSR count). The minimum atomic E-state index is -0.320. The van der Waals surface area contributed by atoms with Gasteiger partial charge in [-0.2, -0.15) is 0 Å². The van der Waals surface area contributed by atoms with Gasteiger partial charge >= 0.3 is 5.97 Å². The molecule has 2 aromatic carbocycles. The second kappa shape index (κ2) is 7.39. The molecule has 0 aliphatic carbocycles. The number of benzene rings is 2. The van der Waals surface area contributed by atoms with Gasteiger partial charge in [0.2, 0.25) is 0 Å². The smallest absolute Gasteiger partial charge is 0.348 e. The molecular weight excluding hydrogens is 363 g/mol. The van der Waals surface area contributed by atoms with Crippen molar-refractivity contribution < 1.29 is 9.53 Å². The van der Waals surface area contributed by atoms with Crippen molar-refractivity contribution in [3.05, 3.63) is 69.5 Å². The molecule has 0 unspecified atom stereocenters. The molecule has 0 bridgehead atoms. The fourth-order valence-corrected chi connectivity index (χ4v) is 3.86. The van der Waals surface area contributed by atoms with Crippen molar-refractivity contribution >= 4 is 40.5 Å². The van der Waals surface area contributed by atoms with Gasteiger partial charge < -0.3 is 4.74 Å². The van der Waals surface area contributed by atoms with Gasteiger partial charge in [-0.25, -0.2) is 4.79 Å². The highest BCUT2D eigenvalue weighted by Crippen LogP contribution is 2.40. The van der Waals surface area contributed by atoms with E-state index in [1.807, 2.05) is 54.6 Å². The average Bonchev–Trinajstić information content (AvgIpc) is 3.00. The summed E-state index contributed by atoms with van der Waals surface area (Å²) in [5.74, 6) is -0.320. The first-order chi connectivity index (χ1) is 11.6. The molecule has 1 heterocycles. The third kappa shape index (κ3) is 3.64. The van der Waals surface area contributed by atoms with E-state index in [0.29, 0.717) is 21.5 Å². The summed E-state index contributed by atoms with van der Waals surface area (Å²) in [6.45, 7) is 2.14. The largest absolute Gasteiger partial charge is 0.462 e. The number of esters is 1. The molecule has 0 spiro atoms. The normalized spacial score (nSPS) is 10.6. The van der Waals surface area contributed by atoms with Gasteiger partial charge in [0.15, 0.2) is 0 Å². The summed E-state index contributed by atoms with van der Waals surface area (Å²) in [6.07, 6.45) is 0. The lowest BCUT2D eigenvalue weighted by Gasteiger charge is -2.05. The Kier molecular flexibility index (Phi) is 5.24. The van der Waals surface area contributed by atoms with E-state index in [2.05, 4.69) is 0 Å². The SMILES string of the molecule is CCOC(=O)c1cc(-c2cccc(Cl)c2)c(-c2cccc(Cl)c2)s1. The number of rotatable bonds is 4. The second-order valence-electron chi connectivity index (χ2n) is 5.09. The van der Waals surface area contributed by atoms with E-state index >= 15 is 0 Å². The molecule has 0 fully saturated rings. The molecule has 122 valence electrons. The molecule has 0 saturated carbocycles. The number of thiophene rings is 1. The maximum absolute atomic E-state index is 12.1. The van der Waals surface area contributed by atoms with E-state index in [4.69, 9.17) is 27.9 Å². The van der Waals surface area contributed by atoms with Gasteiger partial charge in [-0.15, -0.1) is 11.3 Å². The first-order valence-corrected chi connectivity index (χ1v) is 8.98. The molecule has 5 heteroatoms. The number of ether oxygens (including phenoxy) is 1. The van der Waals surface area contributed by atoms with Crippen LogP contribution in [0, 0.1) is 0 Å². The van der Waals surface area contributed by atoms with E-state index in [-0.39, 0.29) is 5.97 Å². The zero-order valence-corrected chi connectivity index (χ0v) is 15.2. The predicted octanol–water partition coefficient (Wildman–Crippen LogP) is 6.57. The number of halogens is 2. The number of carbonyl (C=O) groups excluding carboxylic acids is 1. The fraction of sp³-hybridized carbons (Fsp3) is 0.105. The van der Waals surface area contributed by atoms with E-state index in [1.165, 1.54) is 11.3 Å². The highest BCUT2D eigenvalue weighted by molar-refractivity contribution is 7.18. The van der Waals surface area contributed by atoms with E-state index in [0.717, 1.165) is 21.6 Å². The van der Waals surface area contributed by atoms with E-state index < -0.39 is 0 Å². The molecule has 0 aliphatic heterocycles. The molecule has 0 saturated heterocycles. The molecule has 0 amide bonds. The van der Waals surface area contributed by atoms with Gasteiger partial charge in [0, 0.05) is 20.5 Å². The van der Waals surface area contributed by atoms with Gasteiger partial charge in [0.05, 0.1) is 6.61 Å². The van der Waals surface area contributed by atoms with Gasteiger partial charge in [0.1, 0.15) is 4.88 Å². The highest BCUT2D eigenvalue weighted by Gasteiger charge is 2.18. The van der Waals surface area contributed by atoms with Gasteiger partial charge in [-0.1, -0.05) is 47.5 Å². The molecular formula is C19H14Cl2O2S. The molecule has 1 aromatic heterocycles. The minimum Gasteiger partial charge on any atom is -0.462 e. The topological polar surface area (TPSA) is 26.3 Å². The maximum Gasteiger partial charge on any atom is 0.348 e. The predicted molar refractivity (Wildman–Crippen MR) is 101 cm³/mol. The third-order valence-corrected chi connectivity index (χ3v) is 5.07. The summed E-state index contributed by atoms with van der Waals surface area (Å²) >= 11 is 13.7. The van der Waals surface area contributed by atoms with Crippen molar-refractivity contribution in [1.82, 2.24) is 0 Å². The monoisotopic (exact) mass is 376 g/mol. The zero-order valence-electron chi connectivity index (χ0n) is 12.9. The van der Waals surface area contributed by atoms with Crippen LogP contribution in [0.3, 0.4) is 0 Å². The zero-order chi connectivity index (χ0) is 17.1. The van der Waals surface area contributed by atoms with Crippen LogP contribution in [-0.4, -0.2) is 12.6 Å². The Morgan fingerprint density at radius 1 is 1.00 bits per heavy atom. The Morgan fingerprint density at radius 3 is 2.25 bits per heavy atom. The van der Waals surface area contributed by atoms with E-state index in [1.54, 1.807) is 6.92 Å². The third-order valence-electron chi connectivity index (χ3n) is 3.43. The second-order valence-corrected chi connectivity index (χ2v) is 7.02. The van der Waals surface area contributed by atoms with Crippen LogP contribution in [0.25, 0.3) is 21.6 Å². The summed E-state index contributed by atoms with van der Waals surface area (Å²) in [4.78, 5) is 13.7. The van der Waals surface area contributed by atoms with Crippen molar-refractivity contribution in [2.24, 2.45) is 0 Å². The van der Waals surface area contributed by atoms with Crippen molar-refractivity contribution in [1.29, 1.82) is 0 Å². The van der Waals surface area contributed by atoms with Crippen LogP contribution >= 0.6 is 34.5 Å². The van der Waals surface area contributed by atoms with Crippen LogP contribution < -0.4 is 0 Å². The Bertz CT molecular complexity index is 824. The molecule has 2 nitrogen and oxygen atoms in total. The maximum atomic E-state index is 12.1. The number of hydrogen-bond acceptors (Lipinski definition) is 3.